The van der Waals surface area contributed by atoms with Crippen molar-refractivity contribution in [3.63, 3.8) is 0 Å². The van der Waals surface area contributed by atoms with Crippen molar-refractivity contribution in [1.82, 2.24) is 15.5 Å². The Hall–Kier alpha value is -2.94. The van der Waals surface area contributed by atoms with Crippen molar-refractivity contribution < 1.29 is 18.8 Å². The molecule has 0 saturated heterocycles. The number of ketones is 1. The van der Waals surface area contributed by atoms with Crippen LogP contribution in [-0.2, 0) is 17.6 Å². The molecule has 0 spiro atoms. The molecule has 0 saturated carbocycles. The maximum absolute atomic E-state index is 13.1. The van der Waals surface area contributed by atoms with Crippen LogP contribution in [-0.4, -0.2) is 41.0 Å². The number of amides is 1. The SMILES string of the molecule is CC(C)(C)CC(=O)NC(CCCCN)C(=O)c1noc(Cc2ccc(OCCc3ccc(Cl)c(Cl)c3)cc2)n1. The summed E-state index contributed by atoms with van der Waals surface area (Å²) in [5.74, 6) is 0.451. The van der Waals surface area contributed by atoms with E-state index in [2.05, 4.69) is 15.5 Å². The van der Waals surface area contributed by atoms with Crippen molar-refractivity contribution >= 4 is 34.9 Å². The third kappa shape index (κ3) is 10.3. The van der Waals surface area contributed by atoms with Gasteiger partial charge in [-0.3, -0.25) is 9.59 Å². The van der Waals surface area contributed by atoms with Gasteiger partial charge in [0.2, 0.25) is 23.4 Å². The van der Waals surface area contributed by atoms with Gasteiger partial charge in [0.05, 0.1) is 29.1 Å². The van der Waals surface area contributed by atoms with Crippen LogP contribution in [0, 0.1) is 5.41 Å². The summed E-state index contributed by atoms with van der Waals surface area (Å²) in [5.41, 5.74) is 7.37. The van der Waals surface area contributed by atoms with Crippen LogP contribution in [0.2, 0.25) is 10.0 Å². The number of nitrogens with zero attached hydrogens (tertiary/aromatic N) is 2. The zero-order valence-corrected chi connectivity index (χ0v) is 24.1. The van der Waals surface area contributed by atoms with E-state index in [4.69, 9.17) is 38.2 Å². The molecule has 0 radical (unpaired) electrons. The number of carbonyl (C=O) groups excluding carboxylic acids is 2. The predicted molar refractivity (Wildman–Crippen MR) is 152 cm³/mol. The number of nitrogens with two attached hydrogens (primary N) is 1. The molecular formula is C29H36Cl2N4O4. The molecule has 3 N–H and O–H groups in total. The molecule has 2 aromatic carbocycles. The molecule has 1 heterocycles. The smallest absolute Gasteiger partial charge is 0.240 e. The Morgan fingerprint density at radius 2 is 1.77 bits per heavy atom. The van der Waals surface area contributed by atoms with Gasteiger partial charge in [-0.25, -0.2) is 0 Å². The Bertz CT molecular complexity index is 1240. The number of hydrogen-bond acceptors (Lipinski definition) is 7. The Labute approximate surface area is 239 Å². The van der Waals surface area contributed by atoms with Gasteiger partial charge in [-0.15, -0.1) is 0 Å². The van der Waals surface area contributed by atoms with Crippen LogP contribution in [0.25, 0.3) is 0 Å². The molecular weight excluding hydrogens is 539 g/mol. The lowest BCUT2D eigenvalue weighted by Gasteiger charge is -2.21. The van der Waals surface area contributed by atoms with Gasteiger partial charge in [0, 0.05) is 12.8 Å². The van der Waals surface area contributed by atoms with Crippen LogP contribution < -0.4 is 15.8 Å². The summed E-state index contributed by atoms with van der Waals surface area (Å²) in [5, 5.41) is 7.79. The Balaban J connectivity index is 1.55. The molecule has 3 rings (SSSR count). The molecule has 0 fully saturated rings. The van der Waals surface area contributed by atoms with E-state index in [-0.39, 0.29) is 22.9 Å². The normalized spacial score (nSPS) is 12.3. The highest BCUT2D eigenvalue weighted by Gasteiger charge is 2.27. The molecule has 0 bridgehead atoms. The third-order valence-corrected chi connectivity index (χ3v) is 6.64. The highest BCUT2D eigenvalue weighted by molar-refractivity contribution is 6.42. The number of halogens is 2. The standard InChI is InChI=1S/C29H36Cl2N4O4/c1-29(2,3)18-25(36)33-24(6-4-5-14-32)27(37)28-34-26(39-35-28)17-19-7-10-21(11-8-19)38-15-13-20-9-12-22(30)23(31)16-20/h7-12,16,24H,4-6,13-15,17-18,32H2,1-3H3,(H,33,36). The number of nitrogens with one attached hydrogen (secondary N) is 1. The molecule has 0 aliphatic carbocycles. The van der Waals surface area contributed by atoms with E-state index in [1.807, 2.05) is 57.2 Å². The lowest BCUT2D eigenvalue weighted by atomic mass is 9.91. The van der Waals surface area contributed by atoms with Crippen molar-refractivity contribution in [3.8, 4) is 5.75 Å². The molecule has 1 unspecified atom stereocenters. The lowest BCUT2D eigenvalue weighted by Crippen LogP contribution is -2.42. The van der Waals surface area contributed by atoms with Crippen LogP contribution >= 0.6 is 23.2 Å². The van der Waals surface area contributed by atoms with Crippen molar-refractivity contribution in [2.75, 3.05) is 13.2 Å². The number of Topliss-reactive ketones (excluding diaryl/α,β-unsaturated/α-hetero) is 1. The van der Waals surface area contributed by atoms with E-state index < -0.39 is 6.04 Å². The molecule has 210 valence electrons. The summed E-state index contributed by atoms with van der Waals surface area (Å²) in [6.07, 6.45) is 3.28. The molecule has 1 atom stereocenters. The van der Waals surface area contributed by atoms with Gasteiger partial charge in [-0.1, -0.05) is 67.3 Å². The van der Waals surface area contributed by atoms with Crippen molar-refractivity contribution in [2.45, 2.75) is 65.3 Å². The molecule has 39 heavy (non-hydrogen) atoms. The minimum absolute atomic E-state index is 0.0407. The quantitative estimate of drug-likeness (QED) is 0.184. The molecule has 0 aliphatic rings. The zero-order valence-electron chi connectivity index (χ0n) is 22.6. The molecule has 3 aromatic rings. The summed E-state index contributed by atoms with van der Waals surface area (Å²) in [7, 11) is 0. The molecule has 1 amide bonds. The monoisotopic (exact) mass is 574 g/mol. The van der Waals surface area contributed by atoms with Crippen LogP contribution in [0.5, 0.6) is 5.75 Å². The van der Waals surface area contributed by atoms with Crippen LogP contribution in [0.4, 0.5) is 0 Å². The topological polar surface area (TPSA) is 120 Å². The maximum Gasteiger partial charge on any atom is 0.240 e. The van der Waals surface area contributed by atoms with Crippen molar-refractivity contribution in [2.24, 2.45) is 11.1 Å². The van der Waals surface area contributed by atoms with Crippen LogP contribution in [0.3, 0.4) is 0 Å². The molecule has 8 nitrogen and oxygen atoms in total. The fraction of sp³-hybridized carbons (Fsp3) is 0.448. The zero-order chi connectivity index (χ0) is 28.4. The summed E-state index contributed by atoms with van der Waals surface area (Å²) in [4.78, 5) is 29.9. The van der Waals surface area contributed by atoms with E-state index in [0.29, 0.717) is 61.2 Å². The average molecular weight is 576 g/mol. The van der Waals surface area contributed by atoms with Crippen molar-refractivity contribution in [3.05, 3.63) is 75.4 Å². The second-order valence-electron chi connectivity index (χ2n) is 10.7. The molecule has 10 heteroatoms. The van der Waals surface area contributed by atoms with E-state index in [0.717, 1.165) is 23.3 Å². The van der Waals surface area contributed by atoms with E-state index in [9.17, 15) is 9.59 Å². The van der Waals surface area contributed by atoms with Gasteiger partial charge in [0.1, 0.15) is 5.75 Å². The minimum atomic E-state index is -0.725. The summed E-state index contributed by atoms with van der Waals surface area (Å²) < 4.78 is 11.2. The van der Waals surface area contributed by atoms with Crippen molar-refractivity contribution in [1.29, 1.82) is 0 Å². The van der Waals surface area contributed by atoms with Gasteiger partial charge < -0.3 is 20.3 Å². The van der Waals surface area contributed by atoms with Crippen LogP contribution in [0.15, 0.2) is 47.0 Å². The number of benzene rings is 2. The maximum atomic E-state index is 13.1. The predicted octanol–water partition coefficient (Wildman–Crippen LogP) is 5.82. The summed E-state index contributed by atoms with van der Waals surface area (Å²) >= 11 is 12.0. The molecule has 0 aliphatic heterocycles. The third-order valence-electron chi connectivity index (χ3n) is 5.90. The first kappa shape index (κ1) is 30.6. The van der Waals surface area contributed by atoms with E-state index in [1.54, 1.807) is 6.07 Å². The van der Waals surface area contributed by atoms with E-state index in [1.165, 1.54) is 0 Å². The fourth-order valence-corrected chi connectivity index (χ4v) is 4.25. The first-order valence-electron chi connectivity index (χ1n) is 13.1. The number of rotatable bonds is 14. The highest BCUT2D eigenvalue weighted by atomic mass is 35.5. The van der Waals surface area contributed by atoms with Gasteiger partial charge in [0.15, 0.2) is 0 Å². The lowest BCUT2D eigenvalue weighted by molar-refractivity contribution is -0.123. The second kappa shape index (κ2) is 14.4. The first-order chi connectivity index (χ1) is 18.5. The van der Waals surface area contributed by atoms with Gasteiger partial charge >= 0.3 is 0 Å². The highest BCUT2D eigenvalue weighted by Crippen LogP contribution is 2.23. The van der Waals surface area contributed by atoms with Gasteiger partial charge in [-0.05, 0) is 66.6 Å². The number of aromatic nitrogens is 2. The largest absolute Gasteiger partial charge is 0.493 e. The summed E-state index contributed by atoms with van der Waals surface area (Å²) in [6, 6.07) is 12.3. The second-order valence-corrected chi connectivity index (χ2v) is 11.5. The van der Waals surface area contributed by atoms with Crippen LogP contribution in [0.1, 0.15) is 74.1 Å². The Morgan fingerprint density at radius 1 is 1.05 bits per heavy atom. The number of hydrogen-bond donors (Lipinski definition) is 2. The molecule has 1 aromatic heterocycles. The minimum Gasteiger partial charge on any atom is -0.493 e. The Kier molecular flexibility index (Phi) is 11.3. The van der Waals surface area contributed by atoms with Gasteiger partial charge in [0.25, 0.3) is 0 Å². The summed E-state index contributed by atoms with van der Waals surface area (Å²) in [6.45, 7) is 6.93. The average Bonchev–Trinajstić information content (AvgIpc) is 3.33. The Morgan fingerprint density at radius 3 is 2.44 bits per heavy atom. The number of unbranched alkanes of at least 4 members (excludes halogenated alkanes) is 1. The number of ether oxygens (including phenoxy) is 1. The first-order valence-corrected chi connectivity index (χ1v) is 13.8. The van der Waals surface area contributed by atoms with E-state index >= 15 is 0 Å². The number of carbonyl (C=O) groups is 2. The van der Waals surface area contributed by atoms with Gasteiger partial charge in [-0.2, -0.15) is 4.98 Å². The fourth-order valence-electron chi connectivity index (χ4n) is 3.93.